The van der Waals surface area contributed by atoms with Crippen molar-refractivity contribution < 1.29 is 9.53 Å². The number of carbonyl (C=O) groups excluding carboxylic acids is 1. The molecular weight excluding hydrogens is 332 g/mol. The number of hydrogen-bond donors (Lipinski definition) is 1. The van der Waals surface area contributed by atoms with Gasteiger partial charge in [-0.15, -0.1) is 24.2 Å². The van der Waals surface area contributed by atoms with Crippen molar-refractivity contribution in [3.8, 4) is 5.75 Å². The third-order valence-electron chi connectivity index (χ3n) is 4.07. The van der Waals surface area contributed by atoms with Crippen molar-refractivity contribution in [2.24, 2.45) is 5.92 Å². The van der Waals surface area contributed by atoms with Crippen LogP contribution in [0, 0.1) is 5.92 Å². The van der Waals surface area contributed by atoms with Gasteiger partial charge in [0.05, 0.1) is 12.9 Å². The van der Waals surface area contributed by atoms with Crippen LogP contribution in [0.15, 0.2) is 29.2 Å². The topological polar surface area (TPSA) is 41.6 Å². The smallest absolute Gasteiger partial charge is 0.232 e. The number of thioether (sulfide) groups is 1. The second-order valence-corrected chi connectivity index (χ2v) is 6.64. The third kappa shape index (κ3) is 6.61. The summed E-state index contributed by atoms with van der Waals surface area (Å²) in [6.07, 6.45) is 2.23. The highest BCUT2D eigenvalue weighted by atomic mass is 35.5. The van der Waals surface area contributed by atoms with E-state index in [9.17, 15) is 4.79 Å². The summed E-state index contributed by atoms with van der Waals surface area (Å²) in [6, 6.07) is 7.86. The molecule has 6 heteroatoms. The zero-order valence-corrected chi connectivity index (χ0v) is 15.5. The van der Waals surface area contributed by atoms with Crippen LogP contribution < -0.4 is 10.1 Å². The fourth-order valence-corrected chi connectivity index (χ4v) is 3.44. The first-order valence-corrected chi connectivity index (χ1v) is 8.96. The number of amides is 1. The molecule has 1 heterocycles. The maximum atomic E-state index is 12.3. The van der Waals surface area contributed by atoms with Crippen molar-refractivity contribution in [2.45, 2.75) is 24.7 Å². The van der Waals surface area contributed by atoms with Gasteiger partial charge in [0.25, 0.3) is 0 Å². The number of hydrogen-bond acceptors (Lipinski definition) is 4. The van der Waals surface area contributed by atoms with Crippen LogP contribution in [-0.2, 0) is 4.79 Å². The molecule has 4 nitrogen and oxygen atoms in total. The lowest BCUT2D eigenvalue weighted by atomic mass is 9.97. The molecule has 1 aliphatic rings. The average molecular weight is 359 g/mol. The van der Waals surface area contributed by atoms with Crippen molar-refractivity contribution in [3.05, 3.63) is 24.3 Å². The molecule has 0 aliphatic carbocycles. The van der Waals surface area contributed by atoms with E-state index >= 15 is 0 Å². The summed E-state index contributed by atoms with van der Waals surface area (Å²) in [6.45, 7) is 6.04. The molecule has 1 aromatic rings. The molecule has 0 unspecified atom stereocenters. The van der Waals surface area contributed by atoms with Crippen molar-refractivity contribution in [1.29, 1.82) is 0 Å². The summed E-state index contributed by atoms with van der Waals surface area (Å²) in [4.78, 5) is 15.4. The molecule has 1 aromatic carbocycles. The molecule has 1 saturated heterocycles. The first-order chi connectivity index (χ1) is 10.7. The summed E-state index contributed by atoms with van der Waals surface area (Å²) < 4.78 is 5.14. The minimum atomic E-state index is 0. The van der Waals surface area contributed by atoms with E-state index in [-0.39, 0.29) is 18.3 Å². The Balaban J connectivity index is 0.00000264. The Morgan fingerprint density at radius 1 is 1.30 bits per heavy atom. The quantitative estimate of drug-likeness (QED) is 0.760. The second kappa shape index (κ2) is 10.8. The van der Waals surface area contributed by atoms with E-state index in [4.69, 9.17) is 4.74 Å². The Morgan fingerprint density at radius 2 is 1.96 bits per heavy atom. The van der Waals surface area contributed by atoms with Crippen molar-refractivity contribution in [3.63, 3.8) is 0 Å². The minimum absolute atomic E-state index is 0. The van der Waals surface area contributed by atoms with E-state index in [0.717, 1.165) is 55.6 Å². The lowest BCUT2D eigenvalue weighted by Crippen LogP contribution is -2.41. The van der Waals surface area contributed by atoms with E-state index in [1.807, 2.05) is 29.2 Å². The van der Waals surface area contributed by atoms with Gasteiger partial charge in [0.1, 0.15) is 5.75 Å². The predicted octanol–water partition coefficient (Wildman–Crippen LogP) is 3.06. The molecule has 0 spiro atoms. The molecule has 1 aliphatic heterocycles. The van der Waals surface area contributed by atoms with Gasteiger partial charge in [-0.2, -0.15) is 0 Å². The Morgan fingerprint density at radius 3 is 2.52 bits per heavy atom. The zero-order chi connectivity index (χ0) is 15.8. The lowest BCUT2D eigenvalue weighted by Gasteiger charge is -2.32. The number of carbonyl (C=O) groups is 1. The summed E-state index contributed by atoms with van der Waals surface area (Å²) >= 11 is 1.60. The number of likely N-dealkylation sites (tertiary alicyclic amines) is 1. The summed E-state index contributed by atoms with van der Waals surface area (Å²) in [5.41, 5.74) is 0. The number of ether oxygens (including phenoxy) is 1. The molecule has 0 aromatic heterocycles. The van der Waals surface area contributed by atoms with Gasteiger partial charge in [0, 0.05) is 18.0 Å². The van der Waals surface area contributed by atoms with Gasteiger partial charge >= 0.3 is 0 Å². The highest BCUT2D eigenvalue weighted by molar-refractivity contribution is 8.00. The Labute approximate surface area is 149 Å². The van der Waals surface area contributed by atoms with E-state index in [2.05, 4.69) is 12.2 Å². The predicted molar refractivity (Wildman–Crippen MR) is 98.8 cm³/mol. The summed E-state index contributed by atoms with van der Waals surface area (Å²) in [7, 11) is 1.66. The highest BCUT2D eigenvalue weighted by Crippen LogP contribution is 2.23. The molecule has 23 heavy (non-hydrogen) atoms. The molecule has 0 radical (unpaired) electrons. The van der Waals surface area contributed by atoms with Crippen LogP contribution >= 0.6 is 24.2 Å². The minimum Gasteiger partial charge on any atom is -0.497 e. The third-order valence-corrected chi connectivity index (χ3v) is 5.07. The Kier molecular flexibility index (Phi) is 9.44. The van der Waals surface area contributed by atoms with Crippen LogP contribution in [-0.4, -0.2) is 49.8 Å². The second-order valence-electron chi connectivity index (χ2n) is 5.60. The van der Waals surface area contributed by atoms with E-state index in [0.29, 0.717) is 5.75 Å². The maximum absolute atomic E-state index is 12.3. The van der Waals surface area contributed by atoms with Crippen molar-refractivity contribution in [1.82, 2.24) is 10.2 Å². The van der Waals surface area contributed by atoms with Crippen LogP contribution in [0.25, 0.3) is 0 Å². The zero-order valence-electron chi connectivity index (χ0n) is 13.9. The summed E-state index contributed by atoms with van der Waals surface area (Å²) in [5.74, 6) is 2.34. The van der Waals surface area contributed by atoms with Gasteiger partial charge in [-0.05, 0) is 56.1 Å². The normalized spacial score (nSPS) is 15.1. The number of rotatable bonds is 7. The molecule has 130 valence electrons. The highest BCUT2D eigenvalue weighted by Gasteiger charge is 2.22. The van der Waals surface area contributed by atoms with Gasteiger partial charge < -0.3 is 15.0 Å². The molecule has 1 fully saturated rings. The maximum Gasteiger partial charge on any atom is 0.232 e. The number of nitrogens with one attached hydrogen (secondary N) is 1. The molecule has 0 bridgehead atoms. The number of nitrogens with zero attached hydrogens (tertiary/aromatic N) is 1. The lowest BCUT2D eigenvalue weighted by molar-refractivity contribution is -0.129. The Hall–Kier alpha value is -0.910. The van der Waals surface area contributed by atoms with Crippen LogP contribution in [0.4, 0.5) is 0 Å². The molecular formula is C17H27ClN2O2S. The van der Waals surface area contributed by atoms with Crippen molar-refractivity contribution >= 4 is 30.1 Å². The first kappa shape index (κ1) is 20.1. The molecule has 2 rings (SSSR count). The van der Waals surface area contributed by atoms with E-state index in [1.54, 1.807) is 18.9 Å². The van der Waals surface area contributed by atoms with Gasteiger partial charge in [0.2, 0.25) is 5.91 Å². The van der Waals surface area contributed by atoms with Crippen molar-refractivity contribution in [2.75, 3.05) is 39.0 Å². The number of methoxy groups -OCH3 is 1. The molecule has 1 amide bonds. The first-order valence-electron chi connectivity index (χ1n) is 7.98. The monoisotopic (exact) mass is 358 g/mol. The number of benzene rings is 1. The van der Waals surface area contributed by atoms with Gasteiger partial charge in [0.15, 0.2) is 0 Å². The van der Waals surface area contributed by atoms with Crippen LogP contribution in [0.3, 0.4) is 0 Å². The molecule has 0 atom stereocenters. The SMILES string of the molecule is CCNCC1CCN(C(=O)CSc2ccc(OC)cc2)CC1.Cl. The van der Waals surface area contributed by atoms with E-state index in [1.165, 1.54) is 0 Å². The van der Waals surface area contributed by atoms with Crippen LogP contribution in [0.5, 0.6) is 5.75 Å². The number of halogens is 1. The fraction of sp³-hybridized carbons (Fsp3) is 0.588. The van der Waals surface area contributed by atoms with Gasteiger partial charge in [-0.3, -0.25) is 4.79 Å². The fourth-order valence-electron chi connectivity index (χ4n) is 2.64. The standard InChI is InChI=1S/C17H26N2O2S.ClH/c1-3-18-12-14-8-10-19(11-9-14)17(20)13-22-16-6-4-15(21-2)5-7-16;/h4-7,14,18H,3,8-13H2,1-2H3;1H. The van der Waals surface area contributed by atoms with Crippen LogP contribution in [0.1, 0.15) is 19.8 Å². The average Bonchev–Trinajstić information content (AvgIpc) is 2.58. The molecule has 1 N–H and O–H groups in total. The largest absolute Gasteiger partial charge is 0.497 e. The van der Waals surface area contributed by atoms with E-state index < -0.39 is 0 Å². The Bertz CT molecular complexity index is 462. The van der Waals surface area contributed by atoms with Gasteiger partial charge in [-0.1, -0.05) is 6.92 Å². The number of piperidine rings is 1. The molecule has 0 saturated carbocycles. The van der Waals surface area contributed by atoms with Crippen LogP contribution in [0.2, 0.25) is 0 Å². The summed E-state index contributed by atoms with van der Waals surface area (Å²) in [5, 5.41) is 3.40. The van der Waals surface area contributed by atoms with Gasteiger partial charge in [-0.25, -0.2) is 0 Å².